The van der Waals surface area contributed by atoms with Crippen LogP contribution in [0.1, 0.15) is 452 Å². The van der Waals surface area contributed by atoms with Crippen molar-refractivity contribution in [2.45, 2.75) is 470 Å². The first kappa shape index (κ1) is 101. The molecule has 0 aromatic rings. The largest absolute Gasteiger partial charge is 0.472 e. The molecule has 0 aromatic heterocycles. The maximum absolute atomic E-state index is 13.1. The first-order valence-electron chi connectivity index (χ1n) is 43.7. The normalized spacial score (nSPS) is 14.1. The van der Waals surface area contributed by atoms with Gasteiger partial charge in [0.05, 0.1) is 26.4 Å². The second-order valence-electron chi connectivity index (χ2n) is 30.5. The standard InChI is InChI=1S/C84H164O17P2/c1-6-10-13-16-19-22-24-26-28-31-36-39-43-48-53-58-63-68-82(87)95-74-80(101-84(89)70-65-60-55-50-45-41-37-33-30-29-32-35-38-42-47-51-56-61-66-77(5)9-4)76-99-103(92,93)97-72-78(85)71-96-102(90,91)98-75-79(73-94-81(86)67-62-57-52-46-21-18-15-12-8-3)100-83(88)69-64-59-54-49-44-40-34-27-25-23-20-17-14-11-7-2/h77-80,85H,6-76H2,1-5H3,(H,90,91)(H,92,93)/t77?,78-,79+,80+/m0/s1. The maximum atomic E-state index is 13.1. The molecule has 17 nitrogen and oxygen atoms in total. The number of rotatable bonds is 84. The summed E-state index contributed by atoms with van der Waals surface area (Å²) in [5, 5.41) is 10.7. The molecule has 0 aliphatic carbocycles. The number of esters is 4. The van der Waals surface area contributed by atoms with Crippen LogP contribution >= 0.6 is 15.6 Å². The fourth-order valence-electron chi connectivity index (χ4n) is 13.1. The van der Waals surface area contributed by atoms with Gasteiger partial charge < -0.3 is 33.8 Å². The van der Waals surface area contributed by atoms with Crippen molar-refractivity contribution >= 4 is 39.5 Å². The molecule has 0 aliphatic rings. The summed E-state index contributed by atoms with van der Waals surface area (Å²) in [7, 11) is -9.92. The van der Waals surface area contributed by atoms with E-state index in [0.717, 1.165) is 95.8 Å². The van der Waals surface area contributed by atoms with Crippen LogP contribution in [0.4, 0.5) is 0 Å². The number of hydrogen-bond donors (Lipinski definition) is 3. The molecule has 0 amide bonds. The third kappa shape index (κ3) is 76.6. The van der Waals surface area contributed by atoms with E-state index in [4.69, 9.17) is 37.0 Å². The SMILES string of the molecule is CCCCCCCCCCCCCCCCCCCC(=O)OC[C@H](COP(=O)(O)OC[C@@H](O)COP(=O)(O)OC[C@@H](COC(=O)CCCCCCCCCCC)OC(=O)CCCCCCCCCCCCCCCCC)OC(=O)CCCCCCCCCCCCCCCCCCCCC(C)CC. The number of carbonyl (C=O) groups excluding carboxylic acids is 4. The van der Waals surface area contributed by atoms with Gasteiger partial charge in [0.25, 0.3) is 0 Å². The molecule has 0 fully saturated rings. The maximum Gasteiger partial charge on any atom is 0.472 e. The summed E-state index contributed by atoms with van der Waals surface area (Å²) in [6.45, 7) is 7.41. The Morgan fingerprint density at radius 2 is 0.466 bits per heavy atom. The minimum absolute atomic E-state index is 0.109. The van der Waals surface area contributed by atoms with E-state index in [1.54, 1.807) is 0 Å². The molecule has 0 saturated carbocycles. The van der Waals surface area contributed by atoms with Crippen molar-refractivity contribution < 1.29 is 80.2 Å². The number of hydrogen-bond acceptors (Lipinski definition) is 15. The summed E-state index contributed by atoms with van der Waals surface area (Å²) in [5.41, 5.74) is 0. The molecule has 0 saturated heterocycles. The quantitative estimate of drug-likeness (QED) is 0.0222. The molecule has 0 radical (unpaired) electrons. The molecule has 6 atom stereocenters. The van der Waals surface area contributed by atoms with Crippen molar-refractivity contribution in [3.63, 3.8) is 0 Å². The number of unbranched alkanes of at least 4 members (excludes halogenated alkanes) is 55. The number of carbonyl (C=O) groups is 4. The third-order valence-corrected chi connectivity index (χ3v) is 22.0. The Hall–Kier alpha value is -1.94. The van der Waals surface area contributed by atoms with E-state index in [1.807, 2.05) is 0 Å². The Morgan fingerprint density at radius 3 is 0.689 bits per heavy atom. The van der Waals surface area contributed by atoms with Crippen LogP contribution < -0.4 is 0 Å². The fraction of sp³-hybridized carbons (Fsp3) is 0.952. The minimum atomic E-state index is -4.96. The van der Waals surface area contributed by atoms with E-state index >= 15 is 0 Å². The lowest BCUT2D eigenvalue weighted by Crippen LogP contribution is -2.30. The van der Waals surface area contributed by atoms with Gasteiger partial charge in [0.15, 0.2) is 12.2 Å². The van der Waals surface area contributed by atoms with Gasteiger partial charge in [-0.25, -0.2) is 9.13 Å². The zero-order chi connectivity index (χ0) is 75.5. The molecule has 612 valence electrons. The van der Waals surface area contributed by atoms with E-state index in [1.165, 1.54) is 276 Å². The molecule has 0 rings (SSSR count). The molecule has 19 heteroatoms. The highest BCUT2D eigenvalue weighted by Gasteiger charge is 2.30. The van der Waals surface area contributed by atoms with Crippen molar-refractivity contribution in [3.05, 3.63) is 0 Å². The van der Waals surface area contributed by atoms with Crippen molar-refractivity contribution in [1.29, 1.82) is 0 Å². The van der Waals surface area contributed by atoms with Gasteiger partial charge >= 0.3 is 39.5 Å². The highest BCUT2D eigenvalue weighted by molar-refractivity contribution is 7.47. The summed E-state index contributed by atoms with van der Waals surface area (Å²) >= 11 is 0. The number of aliphatic hydroxyl groups is 1. The summed E-state index contributed by atoms with van der Waals surface area (Å²) in [6.07, 6.45) is 69.4. The summed E-state index contributed by atoms with van der Waals surface area (Å²) in [5.74, 6) is -1.23. The zero-order valence-corrected chi connectivity index (χ0v) is 69.3. The van der Waals surface area contributed by atoms with Crippen molar-refractivity contribution in [1.82, 2.24) is 0 Å². The monoisotopic (exact) mass is 1510 g/mol. The first-order valence-corrected chi connectivity index (χ1v) is 46.7. The van der Waals surface area contributed by atoms with Crippen LogP contribution in [-0.2, 0) is 65.4 Å². The summed E-state index contributed by atoms with van der Waals surface area (Å²) in [6, 6.07) is 0. The predicted molar refractivity (Wildman–Crippen MR) is 423 cm³/mol. The summed E-state index contributed by atoms with van der Waals surface area (Å²) < 4.78 is 68.8. The van der Waals surface area contributed by atoms with Gasteiger partial charge in [0.2, 0.25) is 0 Å². The lowest BCUT2D eigenvalue weighted by molar-refractivity contribution is -0.161. The Kier molecular flexibility index (Phi) is 75.4. The van der Waals surface area contributed by atoms with E-state index in [9.17, 15) is 43.2 Å². The van der Waals surface area contributed by atoms with Crippen LogP contribution in [0.2, 0.25) is 0 Å². The van der Waals surface area contributed by atoms with E-state index < -0.39 is 97.5 Å². The number of aliphatic hydroxyl groups excluding tert-OH is 1. The molecule has 0 heterocycles. The molecular weight excluding hydrogens is 1340 g/mol. The van der Waals surface area contributed by atoms with Crippen LogP contribution in [0, 0.1) is 5.92 Å². The van der Waals surface area contributed by atoms with Crippen LogP contribution in [0.15, 0.2) is 0 Å². The predicted octanol–water partition coefficient (Wildman–Crippen LogP) is 25.6. The van der Waals surface area contributed by atoms with Gasteiger partial charge in [0, 0.05) is 25.7 Å². The Bertz CT molecular complexity index is 1960. The van der Waals surface area contributed by atoms with Gasteiger partial charge in [0.1, 0.15) is 19.3 Å². The fourth-order valence-corrected chi connectivity index (χ4v) is 14.7. The lowest BCUT2D eigenvalue weighted by atomic mass is 9.99. The summed E-state index contributed by atoms with van der Waals surface area (Å²) in [4.78, 5) is 73.1. The number of phosphoric acid groups is 2. The van der Waals surface area contributed by atoms with Crippen molar-refractivity contribution in [2.24, 2.45) is 5.92 Å². The van der Waals surface area contributed by atoms with Crippen molar-refractivity contribution in [3.8, 4) is 0 Å². The Balaban J connectivity index is 5.20. The Labute approximate surface area is 632 Å². The Morgan fingerprint density at radius 1 is 0.272 bits per heavy atom. The third-order valence-electron chi connectivity index (χ3n) is 20.1. The molecule has 0 aliphatic heterocycles. The van der Waals surface area contributed by atoms with Gasteiger partial charge in [-0.1, -0.05) is 401 Å². The second kappa shape index (κ2) is 76.8. The minimum Gasteiger partial charge on any atom is -0.462 e. The van der Waals surface area contributed by atoms with E-state index in [-0.39, 0.29) is 25.7 Å². The molecular formula is C84H164O17P2. The molecule has 0 aromatic carbocycles. The highest BCUT2D eigenvalue weighted by Crippen LogP contribution is 2.45. The van der Waals surface area contributed by atoms with Crippen molar-refractivity contribution in [2.75, 3.05) is 39.6 Å². The number of phosphoric ester groups is 2. The topological polar surface area (TPSA) is 237 Å². The second-order valence-corrected chi connectivity index (χ2v) is 33.4. The van der Waals surface area contributed by atoms with Crippen LogP contribution in [-0.4, -0.2) is 96.7 Å². The molecule has 103 heavy (non-hydrogen) atoms. The van der Waals surface area contributed by atoms with E-state index in [0.29, 0.717) is 25.7 Å². The van der Waals surface area contributed by atoms with E-state index in [2.05, 4.69) is 34.6 Å². The van der Waals surface area contributed by atoms with Gasteiger partial charge in [-0.3, -0.25) is 37.3 Å². The molecule has 3 N–H and O–H groups in total. The van der Waals surface area contributed by atoms with Crippen LogP contribution in [0.25, 0.3) is 0 Å². The average Bonchev–Trinajstić information content (AvgIpc) is 0.938. The van der Waals surface area contributed by atoms with Gasteiger partial charge in [-0.15, -0.1) is 0 Å². The molecule has 0 spiro atoms. The average molecular weight is 1510 g/mol. The van der Waals surface area contributed by atoms with Crippen LogP contribution in [0.3, 0.4) is 0 Å². The van der Waals surface area contributed by atoms with Gasteiger partial charge in [-0.2, -0.15) is 0 Å². The zero-order valence-electron chi connectivity index (χ0n) is 67.5. The lowest BCUT2D eigenvalue weighted by Gasteiger charge is -2.21. The van der Waals surface area contributed by atoms with Gasteiger partial charge in [-0.05, 0) is 31.6 Å². The molecule has 3 unspecified atom stereocenters. The number of ether oxygens (including phenoxy) is 4. The molecule has 0 bridgehead atoms. The highest BCUT2D eigenvalue weighted by atomic mass is 31.2. The van der Waals surface area contributed by atoms with Crippen LogP contribution in [0.5, 0.6) is 0 Å². The first-order chi connectivity index (χ1) is 50.1. The smallest absolute Gasteiger partial charge is 0.462 e.